The molecule has 2 unspecified atom stereocenters. The number of hydrogen-bond donors (Lipinski definition) is 1. The summed E-state index contributed by atoms with van der Waals surface area (Å²) >= 11 is 0. The largest absolute Gasteiger partial charge is 0.480 e. The number of ether oxygens (including phenoxy) is 1. The highest BCUT2D eigenvalue weighted by Gasteiger charge is 2.37. The zero-order chi connectivity index (χ0) is 14.8. The summed E-state index contributed by atoms with van der Waals surface area (Å²) < 4.78 is 31.2. The summed E-state index contributed by atoms with van der Waals surface area (Å²) in [5, 5.41) is 7.45. The molecular formula is C13H17NO5S. The van der Waals surface area contributed by atoms with Gasteiger partial charge in [0.1, 0.15) is 0 Å². The van der Waals surface area contributed by atoms with Crippen molar-refractivity contribution in [3.63, 3.8) is 0 Å². The Morgan fingerprint density at radius 3 is 2.65 bits per heavy atom. The van der Waals surface area contributed by atoms with Crippen LogP contribution < -0.4 is 0 Å². The summed E-state index contributed by atoms with van der Waals surface area (Å²) in [7, 11) is -3.85. The quantitative estimate of drug-likeness (QED) is 0.891. The molecule has 1 aromatic rings. The fourth-order valence-electron chi connectivity index (χ4n) is 2.08. The second-order valence-corrected chi connectivity index (χ2v) is 6.91. The number of carbonyl (C=O) groups is 1. The minimum Gasteiger partial charge on any atom is -0.480 e. The van der Waals surface area contributed by atoms with E-state index >= 15 is 0 Å². The molecule has 1 aliphatic rings. The summed E-state index contributed by atoms with van der Waals surface area (Å²) in [6.07, 6.45) is -0.360. The van der Waals surface area contributed by atoms with E-state index in [1.807, 2.05) is 30.3 Å². The van der Waals surface area contributed by atoms with Crippen LogP contribution in [0.5, 0.6) is 0 Å². The normalized spacial score (nSPS) is 22.4. The van der Waals surface area contributed by atoms with Crippen LogP contribution in [0.2, 0.25) is 0 Å². The molecule has 110 valence electrons. The predicted octanol–water partition coefficient (Wildman–Crippen LogP) is 0.863. The van der Waals surface area contributed by atoms with Crippen molar-refractivity contribution in [2.45, 2.75) is 18.3 Å². The van der Waals surface area contributed by atoms with Crippen molar-refractivity contribution in [3.05, 3.63) is 35.9 Å². The molecule has 2 rings (SSSR count). The number of nitrogens with zero attached hydrogens (tertiary/aromatic N) is 1. The Kier molecular flexibility index (Phi) is 4.42. The van der Waals surface area contributed by atoms with Crippen LogP contribution in [0.1, 0.15) is 18.6 Å². The molecule has 1 heterocycles. The maximum Gasteiger partial charge on any atom is 0.323 e. The molecule has 1 fully saturated rings. The van der Waals surface area contributed by atoms with Crippen molar-refractivity contribution in [1.29, 1.82) is 0 Å². The van der Waals surface area contributed by atoms with E-state index < -0.39 is 21.2 Å². The molecule has 0 spiro atoms. The molecule has 2 atom stereocenters. The highest BCUT2D eigenvalue weighted by molar-refractivity contribution is 7.90. The van der Waals surface area contributed by atoms with Gasteiger partial charge < -0.3 is 9.84 Å². The fraction of sp³-hybridized carbons (Fsp3) is 0.462. The van der Waals surface area contributed by atoms with Crippen LogP contribution in [0.15, 0.2) is 30.3 Å². The molecule has 6 nitrogen and oxygen atoms in total. The van der Waals surface area contributed by atoms with E-state index in [1.165, 1.54) is 11.2 Å². The molecule has 1 aliphatic heterocycles. The zero-order valence-electron chi connectivity index (χ0n) is 11.1. The van der Waals surface area contributed by atoms with Crippen LogP contribution in [-0.4, -0.2) is 48.7 Å². The molecule has 0 saturated carbocycles. The van der Waals surface area contributed by atoms with Crippen molar-refractivity contribution < 1.29 is 23.1 Å². The van der Waals surface area contributed by atoms with Gasteiger partial charge in [0.25, 0.3) is 0 Å². The number of morpholine rings is 1. The number of carboxylic acids is 1. The lowest BCUT2D eigenvalue weighted by Gasteiger charge is -2.33. The van der Waals surface area contributed by atoms with E-state index in [0.29, 0.717) is 0 Å². The average molecular weight is 299 g/mol. The van der Waals surface area contributed by atoms with Crippen molar-refractivity contribution in [1.82, 2.24) is 4.31 Å². The number of aliphatic carboxylic acids is 1. The first-order chi connectivity index (χ1) is 9.43. The molecule has 0 aromatic heterocycles. The zero-order valence-corrected chi connectivity index (χ0v) is 11.9. The van der Waals surface area contributed by atoms with Crippen LogP contribution in [-0.2, 0) is 19.6 Å². The van der Waals surface area contributed by atoms with Crippen LogP contribution in [0.25, 0.3) is 0 Å². The number of carboxylic acid groups (broad SMARTS) is 1. The molecule has 20 heavy (non-hydrogen) atoms. The topological polar surface area (TPSA) is 83.9 Å². The number of sulfonamides is 1. The Morgan fingerprint density at radius 2 is 2.05 bits per heavy atom. The summed E-state index contributed by atoms with van der Waals surface area (Å²) in [4.78, 5) is 10.9. The van der Waals surface area contributed by atoms with Gasteiger partial charge in [0.15, 0.2) is 5.25 Å². The maximum absolute atomic E-state index is 12.2. The molecule has 0 radical (unpaired) electrons. The predicted molar refractivity (Wildman–Crippen MR) is 72.7 cm³/mol. The lowest BCUT2D eigenvalue weighted by atomic mass is 10.1. The lowest BCUT2D eigenvalue weighted by molar-refractivity contribution is -0.136. The lowest BCUT2D eigenvalue weighted by Crippen LogP contribution is -2.47. The van der Waals surface area contributed by atoms with Gasteiger partial charge in [0.05, 0.1) is 12.7 Å². The Labute approximate surface area is 118 Å². The number of benzene rings is 1. The molecule has 0 amide bonds. The monoisotopic (exact) mass is 299 g/mol. The maximum atomic E-state index is 12.2. The van der Waals surface area contributed by atoms with E-state index in [9.17, 15) is 13.2 Å². The van der Waals surface area contributed by atoms with Gasteiger partial charge in [-0.15, -0.1) is 0 Å². The van der Waals surface area contributed by atoms with E-state index in [4.69, 9.17) is 9.84 Å². The highest BCUT2D eigenvalue weighted by atomic mass is 32.2. The SMILES string of the molecule is CC(C(=O)O)S(=O)(=O)N1CCOC(c2ccccc2)C1. The highest BCUT2D eigenvalue weighted by Crippen LogP contribution is 2.24. The fourth-order valence-corrected chi connectivity index (χ4v) is 3.45. The van der Waals surface area contributed by atoms with E-state index in [2.05, 4.69) is 0 Å². The molecule has 0 aliphatic carbocycles. The Hall–Kier alpha value is -1.44. The van der Waals surface area contributed by atoms with Crippen LogP contribution in [0, 0.1) is 0 Å². The number of rotatable bonds is 4. The second kappa shape index (κ2) is 5.90. The molecule has 1 aromatic carbocycles. The van der Waals surface area contributed by atoms with E-state index in [1.54, 1.807) is 0 Å². The van der Waals surface area contributed by atoms with Gasteiger partial charge in [-0.3, -0.25) is 4.79 Å². The summed E-state index contributed by atoms with van der Waals surface area (Å²) in [6.45, 7) is 1.77. The van der Waals surface area contributed by atoms with Gasteiger partial charge >= 0.3 is 5.97 Å². The second-order valence-electron chi connectivity index (χ2n) is 4.65. The first-order valence-electron chi connectivity index (χ1n) is 6.31. The molecule has 0 bridgehead atoms. The smallest absolute Gasteiger partial charge is 0.323 e. The Balaban J connectivity index is 2.17. The summed E-state index contributed by atoms with van der Waals surface area (Å²) in [6, 6.07) is 9.30. The van der Waals surface area contributed by atoms with Gasteiger partial charge in [0, 0.05) is 13.1 Å². The van der Waals surface area contributed by atoms with Gasteiger partial charge in [-0.1, -0.05) is 30.3 Å². The molecular weight excluding hydrogens is 282 g/mol. The van der Waals surface area contributed by atoms with Crippen LogP contribution in [0.3, 0.4) is 0 Å². The van der Waals surface area contributed by atoms with Crippen molar-refractivity contribution in [3.8, 4) is 0 Å². The number of hydrogen-bond acceptors (Lipinski definition) is 4. The van der Waals surface area contributed by atoms with E-state index in [0.717, 1.165) is 5.56 Å². The van der Waals surface area contributed by atoms with Gasteiger partial charge in [0.2, 0.25) is 10.0 Å². The average Bonchev–Trinajstić information content (AvgIpc) is 2.47. The molecule has 1 N–H and O–H groups in total. The van der Waals surface area contributed by atoms with Crippen molar-refractivity contribution in [2.24, 2.45) is 0 Å². The standard InChI is InChI=1S/C13H17NO5S/c1-10(13(15)16)20(17,18)14-7-8-19-12(9-14)11-5-3-2-4-6-11/h2-6,10,12H,7-9H2,1H3,(H,15,16). The summed E-state index contributed by atoms with van der Waals surface area (Å²) in [5.74, 6) is -1.34. The van der Waals surface area contributed by atoms with Gasteiger partial charge in [-0.25, -0.2) is 8.42 Å². The van der Waals surface area contributed by atoms with Crippen molar-refractivity contribution in [2.75, 3.05) is 19.7 Å². The van der Waals surface area contributed by atoms with Crippen molar-refractivity contribution >= 4 is 16.0 Å². The minimum atomic E-state index is -3.85. The van der Waals surface area contributed by atoms with Crippen LogP contribution >= 0.6 is 0 Å². The van der Waals surface area contributed by atoms with Gasteiger partial charge in [-0.05, 0) is 12.5 Å². The third-order valence-corrected chi connectivity index (χ3v) is 5.50. The first-order valence-corrected chi connectivity index (χ1v) is 7.81. The van der Waals surface area contributed by atoms with Gasteiger partial charge in [-0.2, -0.15) is 4.31 Å². The molecule has 7 heteroatoms. The Bertz CT molecular complexity index is 572. The first kappa shape index (κ1) is 15.0. The van der Waals surface area contributed by atoms with E-state index in [-0.39, 0.29) is 25.8 Å². The van der Waals surface area contributed by atoms with Crippen LogP contribution in [0.4, 0.5) is 0 Å². The third kappa shape index (κ3) is 3.00. The minimum absolute atomic E-state index is 0.143. The molecule has 1 saturated heterocycles. The Morgan fingerprint density at radius 1 is 1.40 bits per heavy atom. The summed E-state index contributed by atoms with van der Waals surface area (Å²) in [5.41, 5.74) is 0.885. The third-order valence-electron chi connectivity index (χ3n) is 3.35.